The fourth-order valence-corrected chi connectivity index (χ4v) is 4.84. The van der Waals surface area contributed by atoms with Crippen LogP contribution < -0.4 is 10.1 Å². The zero-order valence-electron chi connectivity index (χ0n) is 20.6. The van der Waals surface area contributed by atoms with E-state index in [-0.39, 0.29) is 0 Å². The normalized spacial score (nSPS) is 12.2. The quantitative estimate of drug-likeness (QED) is 0.270. The highest BCUT2D eigenvalue weighted by Gasteiger charge is 2.15. The molecule has 0 aliphatic carbocycles. The van der Waals surface area contributed by atoms with Crippen LogP contribution in [0, 0.1) is 0 Å². The molecule has 0 aliphatic heterocycles. The van der Waals surface area contributed by atoms with Gasteiger partial charge in [0.15, 0.2) is 0 Å². The predicted molar refractivity (Wildman–Crippen MR) is 149 cm³/mol. The lowest BCUT2D eigenvalue weighted by Crippen LogP contribution is -2.24. The van der Waals surface area contributed by atoms with Gasteiger partial charge in [-0.05, 0) is 69.3 Å². The number of hydrogen-bond acceptors (Lipinski definition) is 3. The van der Waals surface area contributed by atoms with E-state index in [2.05, 4.69) is 94.8 Å². The number of imidazole rings is 1. The van der Waals surface area contributed by atoms with Crippen molar-refractivity contribution in [2.45, 2.75) is 26.8 Å². The van der Waals surface area contributed by atoms with Crippen molar-refractivity contribution < 1.29 is 4.74 Å². The Morgan fingerprint density at radius 2 is 1.56 bits per heavy atom. The number of ether oxygens (including phenoxy) is 1. The number of nitrogens with zero attached hydrogens (tertiary/aromatic N) is 3. The Kier molecular flexibility index (Phi) is 5.45. The number of allylic oxidation sites excluding steroid dienone is 1. The molecule has 6 rings (SSSR count). The standard InChI is InChI=1S/C31H28N4O/c1-4-31(33-21(2)3)35-28-14-7-5-12-25(28)26-17-16-24(19-30(26)35)36-23-11-9-10-22(18-23)34-20-32-27-13-6-8-15-29(27)34/h4-21,33H,1-3H3/b31-4+. The first kappa shape index (κ1) is 22.0. The van der Waals surface area contributed by atoms with Gasteiger partial charge in [0.05, 0.1) is 27.8 Å². The average Bonchev–Trinajstić information content (AvgIpc) is 3.47. The van der Waals surface area contributed by atoms with Gasteiger partial charge in [0, 0.05) is 28.9 Å². The minimum absolute atomic E-state index is 0.314. The molecule has 178 valence electrons. The largest absolute Gasteiger partial charge is 0.457 e. The maximum atomic E-state index is 6.40. The zero-order valence-corrected chi connectivity index (χ0v) is 20.6. The van der Waals surface area contributed by atoms with Crippen molar-refractivity contribution in [1.29, 1.82) is 0 Å². The van der Waals surface area contributed by atoms with Crippen LogP contribution in [0.4, 0.5) is 0 Å². The summed E-state index contributed by atoms with van der Waals surface area (Å²) in [4.78, 5) is 4.53. The van der Waals surface area contributed by atoms with E-state index in [9.17, 15) is 0 Å². The van der Waals surface area contributed by atoms with Crippen molar-refractivity contribution in [3.05, 3.63) is 103 Å². The highest BCUT2D eigenvalue weighted by molar-refractivity contribution is 6.10. The third-order valence-electron chi connectivity index (χ3n) is 6.38. The van der Waals surface area contributed by atoms with Gasteiger partial charge in [0.25, 0.3) is 0 Å². The Balaban J connectivity index is 1.42. The van der Waals surface area contributed by atoms with E-state index in [1.807, 2.05) is 48.8 Å². The summed E-state index contributed by atoms with van der Waals surface area (Å²) >= 11 is 0. The molecule has 0 atom stereocenters. The van der Waals surface area contributed by atoms with Crippen LogP contribution in [0.2, 0.25) is 0 Å². The number of aromatic nitrogens is 3. The molecule has 2 aromatic heterocycles. The van der Waals surface area contributed by atoms with Gasteiger partial charge in [0.2, 0.25) is 0 Å². The minimum Gasteiger partial charge on any atom is -0.457 e. The molecular weight excluding hydrogens is 444 g/mol. The van der Waals surface area contributed by atoms with E-state index in [4.69, 9.17) is 4.74 Å². The molecule has 0 amide bonds. The monoisotopic (exact) mass is 472 g/mol. The van der Waals surface area contributed by atoms with Crippen molar-refractivity contribution in [3.8, 4) is 17.2 Å². The lowest BCUT2D eigenvalue weighted by Gasteiger charge is -2.17. The van der Waals surface area contributed by atoms with Crippen LogP contribution in [0.15, 0.2) is 103 Å². The number of para-hydroxylation sites is 3. The van der Waals surface area contributed by atoms with Gasteiger partial charge in [-0.3, -0.25) is 9.13 Å². The number of hydrogen-bond donors (Lipinski definition) is 1. The lowest BCUT2D eigenvalue weighted by atomic mass is 10.1. The molecule has 1 N–H and O–H groups in total. The van der Waals surface area contributed by atoms with Gasteiger partial charge in [-0.2, -0.15) is 0 Å². The van der Waals surface area contributed by atoms with E-state index in [1.54, 1.807) is 0 Å². The van der Waals surface area contributed by atoms with Gasteiger partial charge < -0.3 is 10.1 Å². The van der Waals surface area contributed by atoms with Crippen LogP contribution in [-0.4, -0.2) is 20.2 Å². The summed E-state index contributed by atoms with van der Waals surface area (Å²) < 4.78 is 10.8. The summed E-state index contributed by atoms with van der Waals surface area (Å²) in [5.74, 6) is 2.63. The molecule has 2 heterocycles. The minimum atomic E-state index is 0.314. The molecule has 0 fully saturated rings. The molecule has 4 aromatic carbocycles. The van der Waals surface area contributed by atoms with E-state index < -0.39 is 0 Å². The van der Waals surface area contributed by atoms with Crippen LogP contribution in [0.1, 0.15) is 20.8 Å². The zero-order chi connectivity index (χ0) is 24.6. The van der Waals surface area contributed by atoms with Crippen molar-refractivity contribution in [1.82, 2.24) is 19.4 Å². The summed E-state index contributed by atoms with van der Waals surface area (Å²) in [5, 5.41) is 6.01. The second kappa shape index (κ2) is 8.93. The number of rotatable bonds is 6. The summed E-state index contributed by atoms with van der Waals surface area (Å²) in [6.45, 7) is 6.38. The van der Waals surface area contributed by atoms with Crippen LogP contribution in [0.25, 0.3) is 44.3 Å². The predicted octanol–water partition coefficient (Wildman–Crippen LogP) is 7.74. The van der Waals surface area contributed by atoms with Crippen LogP contribution in [0.5, 0.6) is 11.5 Å². The van der Waals surface area contributed by atoms with E-state index >= 15 is 0 Å². The van der Waals surface area contributed by atoms with Gasteiger partial charge in [0.1, 0.15) is 23.6 Å². The highest BCUT2D eigenvalue weighted by Crippen LogP contribution is 2.35. The van der Waals surface area contributed by atoms with Crippen molar-refractivity contribution >= 4 is 38.7 Å². The summed E-state index contributed by atoms with van der Waals surface area (Å²) in [7, 11) is 0. The average molecular weight is 473 g/mol. The molecule has 0 saturated carbocycles. The number of benzene rings is 4. The lowest BCUT2D eigenvalue weighted by molar-refractivity contribution is 0.483. The molecule has 0 bridgehead atoms. The Bertz CT molecular complexity index is 1740. The first-order valence-electron chi connectivity index (χ1n) is 12.3. The van der Waals surface area contributed by atoms with Crippen molar-refractivity contribution in [2.75, 3.05) is 0 Å². The van der Waals surface area contributed by atoms with Gasteiger partial charge in [-0.25, -0.2) is 4.98 Å². The molecule has 0 spiro atoms. The van der Waals surface area contributed by atoms with Gasteiger partial charge in [-0.15, -0.1) is 0 Å². The highest BCUT2D eigenvalue weighted by atomic mass is 16.5. The van der Waals surface area contributed by atoms with E-state index in [0.717, 1.165) is 39.6 Å². The fourth-order valence-electron chi connectivity index (χ4n) is 4.84. The number of nitrogens with one attached hydrogen (secondary N) is 1. The molecule has 36 heavy (non-hydrogen) atoms. The van der Waals surface area contributed by atoms with E-state index in [0.29, 0.717) is 6.04 Å². The molecule has 5 nitrogen and oxygen atoms in total. The van der Waals surface area contributed by atoms with Crippen LogP contribution in [0.3, 0.4) is 0 Å². The molecule has 5 heteroatoms. The second-order valence-electron chi connectivity index (χ2n) is 9.21. The molecule has 6 aromatic rings. The number of fused-ring (bicyclic) bond motifs is 4. The van der Waals surface area contributed by atoms with Crippen LogP contribution >= 0.6 is 0 Å². The first-order valence-corrected chi connectivity index (χ1v) is 12.3. The Morgan fingerprint density at radius 1 is 0.806 bits per heavy atom. The second-order valence-corrected chi connectivity index (χ2v) is 9.21. The van der Waals surface area contributed by atoms with Crippen molar-refractivity contribution in [3.63, 3.8) is 0 Å². The molecule has 0 aliphatic rings. The van der Waals surface area contributed by atoms with Crippen LogP contribution in [-0.2, 0) is 0 Å². The molecular formula is C31H28N4O. The maximum Gasteiger partial charge on any atom is 0.129 e. The maximum absolute atomic E-state index is 6.40. The summed E-state index contributed by atoms with van der Waals surface area (Å²) in [6, 6.07) is 31.4. The third kappa shape index (κ3) is 3.79. The fraction of sp³-hybridized carbons (Fsp3) is 0.129. The topological polar surface area (TPSA) is 44.0 Å². The summed E-state index contributed by atoms with van der Waals surface area (Å²) in [6.07, 6.45) is 3.98. The molecule has 0 unspecified atom stereocenters. The third-order valence-corrected chi connectivity index (χ3v) is 6.38. The SMILES string of the molecule is C/C=C(\NC(C)C)n1c2ccccc2c2ccc(Oc3cccc(-n4cnc5ccccc54)c3)cc21. The first-order chi connectivity index (χ1) is 17.6. The molecule has 0 saturated heterocycles. The smallest absolute Gasteiger partial charge is 0.129 e. The Morgan fingerprint density at radius 3 is 2.39 bits per heavy atom. The van der Waals surface area contributed by atoms with Crippen molar-refractivity contribution in [2.24, 2.45) is 0 Å². The Labute approximate surface area is 210 Å². The van der Waals surface area contributed by atoms with Gasteiger partial charge >= 0.3 is 0 Å². The van der Waals surface area contributed by atoms with Gasteiger partial charge in [-0.1, -0.05) is 36.4 Å². The summed E-state index contributed by atoms with van der Waals surface area (Å²) in [5.41, 5.74) is 5.31. The Hall–Kier alpha value is -4.51. The van der Waals surface area contributed by atoms with E-state index in [1.165, 1.54) is 16.3 Å². The molecule has 0 radical (unpaired) electrons.